The molecule has 2 heterocycles. The second kappa shape index (κ2) is 8.84. The Bertz CT molecular complexity index is 1460. The van der Waals surface area contributed by atoms with E-state index in [4.69, 9.17) is 4.74 Å². The molecule has 0 atom stereocenters. The smallest absolute Gasteiger partial charge is 0.264 e. The number of benzene rings is 2. The lowest BCUT2D eigenvalue weighted by Gasteiger charge is -2.39. The van der Waals surface area contributed by atoms with E-state index < -0.39 is 20.7 Å². The summed E-state index contributed by atoms with van der Waals surface area (Å²) >= 11 is 0. The Balaban J connectivity index is 1.22. The molecule has 2 fully saturated rings. The molecule has 1 aliphatic heterocycles. The zero-order chi connectivity index (χ0) is 24.7. The van der Waals surface area contributed by atoms with Crippen molar-refractivity contribution in [2.24, 2.45) is 0 Å². The van der Waals surface area contributed by atoms with Crippen LogP contribution in [-0.2, 0) is 10.0 Å². The van der Waals surface area contributed by atoms with Gasteiger partial charge in [-0.25, -0.2) is 12.8 Å². The van der Waals surface area contributed by atoms with Crippen LogP contribution in [-0.4, -0.2) is 43.0 Å². The summed E-state index contributed by atoms with van der Waals surface area (Å²) in [6.45, 7) is 2.57. The molecule has 1 amide bonds. The number of carbonyl (C=O) groups is 1. The van der Waals surface area contributed by atoms with E-state index in [0.29, 0.717) is 30.4 Å². The van der Waals surface area contributed by atoms with Crippen molar-refractivity contribution < 1.29 is 22.3 Å². The third-order valence-corrected chi connectivity index (χ3v) is 7.49. The van der Waals surface area contributed by atoms with Gasteiger partial charge in [0.05, 0.1) is 13.1 Å². The number of aryl methyl sites for hydroxylation is 1. The minimum Gasteiger partial charge on any atom is -0.486 e. The fourth-order valence-electron chi connectivity index (χ4n) is 4.19. The van der Waals surface area contributed by atoms with Gasteiger partial charge in [0, 0.05) is 29.1 Å². The number of rotatable bonds is 7. The highest BCUT2D eigenvalue weighted by Gasteiger charge is 2.33. The number of hydrogen-bond donors (Lipinski definition) is 1. The minimum atomic E-state index is -4.15. The SMILES string of the molecule is Cc1cc(OC2CN(C(=O)c3cccc(NS(=O)(=O)c4ccccc4F)c3)C2)cc(=O)n1C1CC1. The standard InChI is InChI=1S/C25H24FN3O5S/c1-16-11-20(13-24(30)29(16)19-9-10-19)34-21-14-28(15-21)25(31)17-5-4-6-18(12-17)27-35(32,33)23-8-3-2-7-22(23)26/h2-8,11-13,19,21,27H,9-10,14-15H2,1H3. The fraction of sp³-hybridized carbons (Fsp3) is 0.280. The minimum absolute atomic E-state index is 0.0793. The van der Waals surface area contributed by atoms with Crippen LogP contribution in [0.15, 0.2) is 70.4 Å². The Kier molecular flexibility index (Phi) is 5.84. The first kappa shape index (κ1) is 23.1. The van der Waals surface area contributed by atoms with Crippen molar-refractivity contribution in [1.29, 1.82) is 0 Å². The molecule has 1 aliphatic carbocycles. The number of halogens is 1. The first-order valence-electron chi connectivity index (χ1n) is 11.3. The maximum Gasteiger partial charge on any atom is 0.264 e. The van der Waals surface area contributed by atoms with Gasteiger partial charge in [0.15, 0.2) is 0 Å². The van der Waals surface area contributed by atoms with E-state index in [1.165, 1.54) is 36.4 Å². The maximum atomic E-state index is 13.9. The summed E-state index contributed by atoms with van der Waals surface area (Å²) in [5.41, 5.74) is 1.22. The molecule has 2 aromatic carbocycles. The van der Waals surface area contributed by atoms with E-state index in [2.05, 4.69) is 4.72 Å². The monoisotopic (exact) mass is 497 g/mol. The van der Waals surface area contributed by atoms with E-state index in [9.17, 15) is 22.4 Å². The van der Waals surface area contributed by atoms with Crippen molar-refractivity contribution in [1.82, 2.24) is 9.47 Å². The third kappa shape index (κ3) is 4.79. The summed E-state index contributed by atoms with van der Waals surface area (Å²) < 4.78 is 49.0. The number of hydrogen-bond acceptors (Lipinski definition) is 5. The number of likely N-dealkylation sites (tertiary alicyclic amines) is 1. The molecule has 0 spiro atoms. The number of anilines is 1. The number of aromatic nitrogens is 1. The van der Waals surface area contributed by atoms with Crippen molar-refractivity contribution in [3.05, 3.63) is 88.1 Å². The molecule has 10 heteroatoms. The first-order valence-corrected chi connectivity index (χ1v) is 12.8. The van der Waals surface area contributed by atoms with Crippen molar-refractivity contribution in [3.63, 3.8) is 0 Å². The summed E-state index contributed by atoms with van der Waals surface area (Å²) in [7, 11) is -4.15. The molecule has 3 aromatic rings. The van der Waals surface area contributed by atoms with Gasteiger partial charge >= 0.3 is 0 Å². The lowest BCUT2D eigenvalue weighted by Crippen LogP contribution is -2.56. The number of ether oxygens (including phenoxy) is 1. The summed E-state index contributed by atoms with van der Waals surface area (Å²) in [6, 6.07) is 14.7. The van der Waals surface area contributed by atoms with Gasteiger partial charge in [-0.2, -0.15) is 0 Å². The van der Waals surface area contributed by atoms with Crippen LogP contribution in [0.1, 0.15) is 34.9 Å². The van der Waals surface area contributed by atoms with Gasteiger partial charge in [0.1, 0.15) is 22.6 Å². The van der Waals surface area contributed by atoms with Crippen molar-refractivity contribution >= 4 is 21.6 Å². The molecule has 1 saturated carbocycles. The van der Waals surface area contributed by atoms with Crippen molar-refractivity contribution in [3.8, 4) is 5.75 Å². The Hall–Kier alpha value is -3.66. The highest BCUT2D eigenvalue weighted by molar-refractivity contribution is 7.92. The van der Waals surface area contributed by atoms with Crippen LogP contribution in [0, 0.1) is 12.7 Å². The number of nitrogens with zero attached hydrogens (tertiary/aromatic N) is 2. The van der Waals surface area contributed by atoms with Crippen LogP contribution in [0.3, 0.4) is 0 Å². The molecular weight excluding hydrogens is 473 g/mol. The molecule has 0 radical (unpaired) electrons. The fourth-order valence-corrected chi connectivity index (χ4v) is 5.32. The Labute approximate surface area is 202 Å². The molecule has 1 saturated heterocycles. The van der Waals surface area contributed by atoms with Gasteiger partial charge in [0.2, 0.25) is 0 Å². The summed E-state index contributed by atoms with van der Waals surface area (Å²) in [5, 5.41) is 0. The van der Waals surface area contributed by atoms with Crippen LogP contribution >= 0.6 is 0 Å². The number of carbonyl (C=O) groups excluding carboxylic acids is 1. The van der Waals surface area contributed by atoms with E-state index in [1.54, 1.807) is 21.6 Å². The van der Waals surface area contributed by atoms with Gasteiger partial charge in [0.25, 0.3) is 21.5 Å². The topological polar surface area (TPSA) is 97.7 Å². The van der Waals surface area contributed by atoms with Gasteiger partial charge in [-0.15, -0.1) is 0 Å². The van der Waals surface area contributed by atoms with Crippen molar-refractivity contribution in [2.45, 2.75) is 36.8 Å². The molecule has 5 rings (SSSR count). The van der Waals surface area contributed by atoms with Crippen LogP contribution in [0.2, 0.25) is 0 Å². The predicted molar refractivity (Wildman–Crippen MR) is 128 cm³/mol. The second-order valence-electron chi connectivity index (χ2n) is 8.84. The first-order chi connectivity index (χ1) is 16.7. The summed E-state index contributed by atoms with van der Waals surface area (Å²) in [5.74, 6) is -0.651. The molecular formula is C25H24FN3O5S. The van der Waals surface area contributed by atoms with Gasteiger partial charge in [-0.05, 0) is 56.2 Å². The number of pyridine rings is 1. The average Bonchev–Trinajstić information content (AvgIpc) is 3.60. The Morgan fingerprint density at radius 3 is 2.49 bits per heavy atom. The van der Waals surface area contributed by atoms with Gasteiger partial charge in [-0.1, -0.05) is 18.2 Å². The average molecular weight is 498 g/mol. The molecule has 1 N–H and O–H groups in total. The number of sulfonamides is 1. The molecule has 2 aliphatic rings. The molecule has 8 nitrogen and oxygen atoms in total. The van der Waals surface area contributed by atoms with E-state index >= 15 is 0 Å². The quantitative estimate of drug-likeness (QED) is 0.540. The van der Waals surface area contributed by atoms with E-state index in [1.807, 2.05) is 13.0 Å². The summed E-state index contributed by atoms with van der Waals surface area (Å²) in [4.78, 5) is 26.4. The van der Waals surface area contributed by atoms with Crippen LogP contribution in [0.25, 0.3) is 0 Å². The maximum absolute atomic E-state index is 13.9. The zero-order valence-corrected chi connectivity index (χ0v) is 19.8. The number of amides is 1. The van der Waals surface area contributed by atoms with Gasteiger partial charge < -0.3 is 14.2 Å². The molecule has 1 aromatic heterocycles. The molecule has 0 bridgehead atoms. The second-order valence-corrected chi connectivity index (χ2v) is 10.5. The van der Waals surface area contributed by atoms with Crippen LogP contribution in [0.4, 0.5) is 10.1 Å². The van der Waals surface area contributed by atoms with Crippen LogP contribution < -0.4 is 15.0 Å². The highest BCUT2D eigenvalue weighted by Crippen LogP contribution is 2.35. The predicted octanol–water partition coefficient (Wildman–Crippen LogP) is 3.33. The zero-order valence-electron chi connectivity index (χ0n) is 19.0. The summed E-state index contributed by atoms with van der Waals surface area (Å²) in [6.07, 6.45) is 1.80. The molecule has 35 heavy (non-hydrogen) atoms. The van der Waals surface area contributed by atoms with E-state index in [-0.39, 0.29) is 23.3 Å². The molecule has 182 valence electrons. The van der Waals surface area contributed by atoms with Crippen LogP contribution in [0.5, 0.6) is 5.75 Å². The van der Waals surface area contributed by atoms with E-state index in [0.717, 1.165) is 24.6 Å². The number of nitrogens with one attached hydrogen (secondary N) is 1. The largest absolute Gasteiger partial charge is 0.486 e. The lowest BCUT2D eigenvalue weighted by atomic mass is 10.1. The lowest BCUT2D eigenvalue weighted by molar-refractivity contribution is 0.0176. The normalized spacial score (nSPS) is 16.0. The Morgan fingerprint density at radius 1 is 1.06 bits per heavy atom. The van der Waals surface area contributed by atoms with Gasteiger partial charge in [-0.3, -0.25) is 14.3 Å². The highest BCUT2D eigenvalue weighted by atomic mass is 32.2. The molecule has 0 unspecified atom stereocenters. The third-order valence-electron chi connectivity index (χ3n) is 6.07. The Morgan fingerprint density at radius 2 is 1.80 bits per heavy atom. The van der Waals surface area contributed by atoms with Crippen molar-refractivity contribution in [2.75, 3.05) is 17.8 Å².